The summed E-state index contributed by atoms with van der Waals surface area (Å²) in [5, 5.41) is 9.09. The molecule has 112 valence electrons. The van der Waals surface area contributed by atoms with Crippen LogP contribution in [0.2, 0.25) is 0 Å². The molecule has 2 fully saturated rings. The number of ether oxygens (including phenoxy) is 1. The quantitative estimate of drug-likeness (QED) is 0.734. The van der Waals surface area contributed by atoms with Crippen molar-refractivity contribution in [3.8, 4) is 0 Å². The molecule has 7 nitrogen and oxygen atoms in total. The molecule has 0 saturated carbocycles. The van der Waals surface area contributed by atoms with E-state index in [-0.39, 0.29) is 18.2 Å². The molecule has 1 unspecified atom stereocenters. The Bertz CT molecular complexity index is 417. The summed E-state index contributed by atoms with van der Waals surface area (Å²) in [6.07, 6.45) is 0.163. The summed E-state index contributed by atoms with van der Waals surface area (Å²) in [5.74, 6) is -0.910. The number of rotatable bonds is 5. The Morgan fingerprint density at radius 1 is 1.50 bits per heavy atom. The highest BCUT2D eigenvalue weighted by Gasteiger charge is 2.41. The first-order valence-corrected chi connectivity index (χ1v) is 7.57. The molecule has 0 aromatic rings. The van der Waals surface area contributed by atoms with Crippen LogP contribution in [-0.4, -0.2) is 77.2 Å². The number of likely N-dealkylation sites (tertiary alicyclic amines) is 1. The van der Waals surface area contributed by atoms with Crippen molar-refractivity contribution in [1.82, 2.24) is 9.80 Å². The Morgan fingerprint density at radius 3 is 2.90 bits per heavy atom. The van der Waals surface area contributed by atoms with Gasteiger partial charge in [-0.05, 0) is 0 Å². The van der Waals surface area contributed by atoms with Gasteiger partial charge in [0.05, 0.1) is 18.4 Å². The van der Waals surface area contributed by atoms with Crippen molar-refractivity contribution in [1.29, 1.82) is 0 Å². The number of carboxylic acid groups (broad SMARTS) is 1. The third-order valence-electron chi connectivity index (χ3n) is 3.58. The van der Waals surface area contributed by atoms with Crippen LogP contribution in [0.1, 0.15) is 6.42 Å². The highest BCUT2D eigenvalue weighted by Crippen LogP contribution is 2.27. The van der Waals surface area contributed by atoms with Gasteiger partial charge in [-0.25, -0.2) is 4.79 Å². The number of carboxylic acids is 1. The van der Waals surface area contributed by atoms with Gasteiger partial charge >= 0.3 is 5.97 Å². The smallest absolute Gasteiger partial charge is 0.327 e. The lowest BCUT2D eigenvalue weighted by molar-refractivity contribution is -0.149. The Hall–Kier alpha value is -1.28. The topological polar surface area (TPSA) is 87.2 Å². The molecule has 20 heavy (non-hydrogen) atoms. The zero-order valence-electron chi connectivity index (χ0n) is 11.3. The van der Waals surface area contributed by atoms with Crippen LogP contribution in [0.4, 0.5) is 0 Å². The second kappa shape index (κ2) is 6.45. The van der Waals surface area contributed by atoms with Gasteiger partial charge in [0.1, 0.15) is 6.04 Å². The van der Waals surface area contributed by atoms with E-state index < -0.39 is 17.9 Å². The lowest BCUT2D eigenvalue weighted by Gasteiger charge is -2.23. The molecular formula is C12H18N2O5S. The average molecular weight is 302 g/mol. The predicted octanol–water partition coefficient (Wildman–Crippen LogP) is -0.533. The number of hydrogen-bond donors (Lipinski definition) is 1. The number of hydrogen-bond acceptors (Lipinski definition) is 5. The number of aliphatic carboxylic acids is 1. The Morgan fingerprint density at radius 2 is 2.25 bits per heavy atom. The fourth-order valence-corrected chi connectivity index (χ4v) is 3.61. The molecule has 0 bridgehead atoms. The van der Waals surface area contributed by atoms with E-state index in [9.17, 15) is 14.4 Å². The number of carbonyl (C=O) groups is 3. The van der Waals surface area contributed by atoms with Crippen molar-refractivity contribution in [2.45, 2.75) is 12.5 Å². The summed E-state index contributed by atoms with van der Waals surface area (Å²) < 4.78 is 4.93. The fraction of sp³-hybridized carbons (Fsp3) is 0.750. The van der Waals surface area contributed by atoms with Gasteiger partial charge in [0.15, 0.2) is 0 Å². The van der Waals surface area contributed by atoms with Crippen LogP contribution in [-0.2, 0) is 19.1 Å². The van der Waals surface area contributed by atoms with Crippen molar-refractivity contribution in [2.24, 2.45) is 5.92 Å². The largest absolute Gasteiger partial charge is 0.480 e. The third kappa shape index (κ3) is 3.06. The molecule has 0 aromatic heterocycles. The average Bonchev–Trinajstić information content (AvgIpc) is 3.02. The molecule has 8 heteroatoms. The molecular weight excluding hydrogens is 284 g/mol. The van der Waals surface area contributed by atoms with Crippen LogP contribution in [0.5, 0.6) is 0 Å². The van der Waals surface area contributed by atoms with Crippen LogP contribution in [0.15, 0.2) is 0 Å². The van der Waals surface area contributed by atoms with Crippen LogP contribution < -0.4 is 0 Å². The molecule has 2 amide bonds. The summed E-state index contributed by atoms with van der Waals surface area (Å²) in [7, 11) is 1.56. The standard InChI is InChI=1S/C12H18N2O5S/c1-19-3-2-13-5-8(4-10(13)15)11(16)14-7-20-6-9(14)12(17)18/h8-9H,2-7H2,1H3,(H,17,18)/t8?,9-/m0/s1. The number of amides is 2. The van der Waals surface area contributed by atoms with E-state index >= 15 is 0 Å². The van der Waals surface area contributed by atoms with E-state index in [2.05, 4.69) is 0 Å². The van der Waals surface area contributed by atoms with Gasteiger partial charge in [-0.1, -0.05) is 0 Å². The van der Waals surface area contributed by atoms with Gasteiger partial charge in [0.25, 0.3) is 0 Å². The van der Waals surface area contributed by atoms with Gasteiger partial charge in [0, 0.05) is 32.4 Å². The SMILES string of the molecule is COCCN1CC(C(=O)N2CSC[C@H]2C(=O)O)CC1=O. The lowest BCUT2D eigenvalue weighted by atomic mass is 10.1. The predicted molar refractivity (Wildman–Crippen MR) is 72.2 cm³/mol. The fourth-order valence-electron chi connectivity index (χ4n) is 2.45. The van der Waals surface area contributed by atoms with E-state index in [1.165, 1.54) is 16.7 Å². The Balaban J connectivity index is 1.96. The first-order valence-electron chi connectivity index (χ1n) is 6.42. The highest BCUT2D eigenvalue weighted by atomic mass is 32.2. The molecule has 2 heterocycles. The molecule has 2 saturated heterocycles. The zero-order chi connectivity index (χ0) is 14.7. The summed E-state index contributed by atoms with van der Waals surface area (Å²) in [4.78, 5) is 38.3. The van der Waals surface area contributed by atoms with E-state index in [0.717, 1.165) is 0 Å². The summed E-state index contributed by atoms with van der Waals surface area (Å²) >= 11 is 1.43. The molecule has 2 atom stereocenters. The van der Waals surface area contributed by atoms with E-state index in [4.69, 9.17) is 9.84 Å². The molecule has 1 N–H and O–H groups in total. The van der Waals surface area contributed by atoms with Crippen molar-refractivity contribution in [3.05, 3.63) is 0 Å². The molecule has 2 rings (SSSR count). The minimum atomic E-state index is -0.982. The van der Waals surface area contributed by atoms with Crippen LogP contribution in [0, 0.1) is 5.92 Å². The maximum atomic E-state index is 12.4. The number of methoxy groups -OCH3 is 1. The minimum Gasteiger partial charge on any atom is -0.480 e. The summed E-state index contributed by atoms with van der Waals surface area (Å²) in [6.45, 7) is 1.26. The van der Waals surface area contributed by atoms with Crippen molar-refractivity contribution >= 4 is 29.5 Å². The summed E-state index contributed by atoms with van der Waals surface area (Å²) in [5.41, 5.74) is 0. The molecule has 0 spiro atoms. The molecule has 0 aliphatic carbocycles. The van der Waals surface area contributed by atoms with Gasteiger partial charge in [-0.2, -0.15) is 0 Å². The maximum Gasteiger partial charge on any atom is 0.327 e. The molecule has 0 radical (unpaired) electrons. The van der Waals surface area contributed by atoms with Crippen molar-refractivity contribution < 1.29 is 24.2 Å². The number of thioether (sulfide) groups is 1. The van der Waals surface area contributed by atoms with Gasteiger partial charge in [-0.3, -0.25) is 9.59 Å². The maximum absolute atomic E-state index is 12.4. The molecule has 0 aromatic carbocycles. The first kappa shape index (κ1) is 15.1. The molecule has 2 aliphatic heterocycles. The monoisotopic (exact) mass is 302 g/mol. The number of carbonyl (C=O) groups excluding carboxylic acids is 2. The molecule has 2 aliphatic rings. The third-order valence-corrected chi connectivity index (χ3v) is 4.59. The normalized spacial score (nSPS) is 26.4. The minimum absolute atomic E-state index is 0.0703. The zero-order valence-corrected chi connectivity index (χ0v) is 12.1. The second-order valence-corrected chi connectivity index (χ2v) is 5.90. The highest BCUT2D eigenvalue weighted by molar-refractivity contribution is 7.99. The Labute approximate surface area is 121 Å². The van der Waals surface area contributed by atoms with E-state index in [0.29, 0.717) is 31.3 Å². The Kier molecular flexibility index (Phi) is 4.87. The van der Waals surface area contributed by atoms with Crippen LogP contribution in [0.3, 0.4) is 0 Å². The summed E-state index contributed by atoms with van der Waals surface area (Å²) in [6, 6.07) is -0.768. The van der Waals surface area contributed by atoms with Crippen LogP contribution >= 0.6 is 11.8 Å². The lowest BCUT2D eigenvalue weighted by Crippen LogP contribution is -2.45. The van der Waals surface area contributed by atoms with Gasteiger partial charge < -0.3 is 19.6 Å². The van der Waals surface area contributed by atoms with Gasteiger partial charge in [0.2, 0.25) is 11.8 Å². The van der Waals surface area contributed by atoms with E-state index in [1.807, 2.05) is 0 Å². The van der Waals surface area contributed by atoms with Crippen LogP contribution in [0.25, 0.3) is 0 Å². The van der Waals surface area contributed by atoms with E-state index in [1.54, 1.807) is 12.0 Å². The number of nitrogens with zero attached hydrogens (tertiary/aromatic N) is 2. The second-order valence-electron chi connectivity index (χ2n) is 4.90. The first-order chi connectivity index (χ1) is 9.54. The van der Waals surface area contributed by atoms with Crippen molar-refractivity contribution in [3.63, 3.8) is 0 Å². The van der Waals surface area contributed by atoms with Crippen molar-refractivity contribution in [2.75, 3.05) is 38.4 Å². The van der Waals surface area contributed by atoms with Gasteiger partial charge in [-0.15, -0.1) is 11.8 Å².